The topological polar surface area (TPSA) is 181 Å². The number of aromatic nitrogens is 4. The first kappa shape index (κ1) is 19.9. The van der Waals surface area contributed by atoms with E-state index in [-0.39, 0.29) is 25.2 Å². The summed E-state index contributed by atoms with van der Waals surface area (Å²) in [5.74, 6) is -0.513. The van der Waals surface area contributed by atoms with Crippen molar-refractivity contribution in [2.75, 3.05) is 19.7 Å². The summed E-state index contributed by atoms with van der Waals surface area (Å²) in [4.78, 5) is 31.3. The molecule has 0 saturated carbocycles. The highest BCUT2D eigenvalue weighted by molar-refractivity contribution is 7.80. The van der Waals surface area contributed by atoms with Crippen LogP contribution in [0.3, 0.4) is 0 Å². The molecule has 16 heteroatoms. The first-order chi connectivity index (χ1) is 13.8. The Kier molecular flexibility index (Phi) is 5.34. The number of nitrogens with zero attached hydrogens (tertiary/aromatic N) is 6. The van der Waals surface area contributed by atoms with Gasteiger partial charge in [-0.15, -0.1) is 9.38 Å². The number of piperidine rings is 1. The van der Waals surface area contributed by atoms with Crippen LogP contribution in [0.4, 0.5) is 4.79 Å². The number of amides is 3. The third-order valence-electron chi connectivity index (χ3n) is 5.20. The van der Waals surface area contributed by atoms with Gasteiger partial charge in [0.2, 0.25) is 0 Å². The van der Waals surface area contributed by atoms with Crippen LogP contribution in [0.1, 0.15) is 25.3 Å². The molecule has 3 aliphatic heterocycles. The highest BCUT2D eigenvalue weighted by Crippen LogP contribution is 2.30. The number of hydrogen-bond donors (Lipinski definition) is 3. The summed E-state index contributed by atoms with van der Waals surface area (Å²) < 4.78 is 36.6. The van der Waals surface area contributed by atoms with Gasteiger partial charge < -0.3 is 10.2 Å². The van der Waals surface area contributed by atoms with E-state index in [1.54, 1.807) is 4.68 Å². The van der Waals surface area contributed by atoms with E-state index in [4.69, 9.17) is 9.39 Å². The molecule has 0 radical (unpaired) electrons. The lowest BCUT2D eigenvalue weighted by molar-refractivity contribution is -0.139. The van der Waals surface area contributed by atoms with Gasteiger partial charge in [0.15, 0.2) is 0 Å². The molecule has 4 rings (SSSR count). The summed E-state index contributed by atoms with van der Waals surface area (Å²) in [5.41, 5.74) is 2.35. The van der Waals surface area contributed by atoms with Crippen LogP contribution in [-0.4, -0.2) is 92.9 Å². The zero-order valence-corrected chi connectivity index (χ0v) is 15.9. The van der Waals surface area contributed by atoms with Gasteiger partial charge in [-0.1, -0.05) is 0 Å². The summed E-state index contributed by atoms with van der Waals surface area (Å²) in [6, 6.07) is -2.08. The minimum Gasteiger partial charge on any atom is -0.309 e. The van der Waals surface area contributed by atoms with Crippen LogP contribution in [-0.2, 0) is 24.3 Å². The molecule has 29 heavy (non-hydrogen) atoms. The van der Waals surface area contributed by atoms with E-state index in [1.807, 2.05) is 0 Å². The van der Waals surface area contributed by atoms with Crippen molar-refractivity contribution in [1.82, 2.24) is 41.0 Å². The fraction of sp³-hybridized carbons (Fsp3) is 0.769. The molecule has 1 aromatic rings. The molecule has 3 N–H and O–H groups in total. The van der Waals surface area contributed by atoms with Crippen molar-refractivity contribution >= 4 is 22.3 Å². The van der Waals surface area contributed by atoms with Gasteiger partial charge in [0.05, 0.1) is 18.7 Å². The van der Waals surface area contributed by atoms with Gasteiger partial charge in [-0.3, -0.25) is 14.2 Å². The van der Waals surface area contributed by atoms with Gasteiger partial charge in [-0.2, -0.15) is 13.5 Å². The van der Waals surface area contributed by atoms with Crippen LogP contribution in [0.5, 0.6) is 0 Å². The van der Waals surface area contributed by atoms with Gasteiger partial charge >= 0.3 is 16.4 Å². The maximum atomic E-state index is 12.4. The Morgan fingerprint density at radius 2 is 2.21 bits per heavy atom. The van der Waals surface area contributed by atoms with Crippen molar-refractivity contribution in [1.29, 1.82) is 0 Å². The van der Waals surface area contributed by atoms with Crippen molar-refractivity contribution < 1.29 is 31.7 Å². The average molecular weight is 432 g/mol. The molecule has 15 nitrogen and oxygen atoms in total. The van der Waals surface area contributed by atoms with Gasteiger partial charge in [0.1, 0.15) is 12.4 Å². The molecule has 0 unspecified atom stereocenters. The molecule has 3 saturated heterocycles. The van der Waals surface area contributed by atoms with Crippen molar-refractivity contribution in [2.24, 2.45) is 0 Å². The van der Waals surface area contributed by atoms with Crippen LogP contribution >= 0.6 is 0 Å². The molecule has 3 aliphatic rings. The molecule has 1 aromatic heterocycles. The lowest BCUT2D eigenvalue weighted by Crippen LogP contribution is -2.50. The molecular formula is C13H20N8O7S. The molecule has 2 bridgehead atoms. The number of carbonyl (C=O) groups is 2. The minimum absolute atomic E-state index is 0.00712. The minimum atomic E-state index is -4.83. The first-order valence-electron chi connectivity index (χ1n) is 8.96. The standard InChI is InChI=1S/C13H20N8O7S/c22-12(16-27-6-8-3-10(4-14-8)20-7-15-17-18-20)11-2-1-9-5-19(11)13(23)21(9)28-29(24,25)26/h7-11,14H,1-6H2,(H,16,22)(H,24,25,26)/t8-,9-,10-,11+/m1/s1. The number of rotatable bonds is 7. The fourth-order valence-electron chi connectivity index (χ4n) is 3.85. The van der Waals surface area contributed by atoms with Gasteiger partial charge in [0.25, 0.3) is 5.91 Å². The number of tetrazole rings is 1. The van der Waals surface area contributed by atoms with E-state index in [1.165, 1.54) is 11.2 Å². The smallest absolute Gasteiger partial charge is 0.309 e. The Morgan fingerprint density at radius 1 is 1.38 bits per heavy atom. The van der Waals surface area contributed by atoms with E-state index >= 15 is 0 Å². The lowest BCUT2D eigenvalue weighted by atomic mass is 10.0. The van der Waals surface area contributed by atoms with Crippen LogP contribution in [0.25, 0.3) is 0 Å². The van der Waals surface area contributed by atoms with E-state index < -0.39 is 34.4 Å². The molecule has 3 amide bonds. The number of carbonyl (C=O) groups excluding carboxylic acids is 2. The Labute approximate surface area is 165 Å². The Morgan fingerprint density at radius 3 is 2.93 bits per heavy atom. The van der Waals surface area contributed by atoms with E-state index in [9.17, 15) is 18.0 Å². The largest absolute Gasteiger partial charge is 0.418 e. The summed E-state index contributed by atoms with van der Waals surface area (Å²) in [6.07, 6.45) is 2.90. The molecule has 3 fully saturated rings. The fourth-order valence-corrected chi connectivity index (χ4v) is 4.24. The molecule has 0 aliphatic carbocycles. The summed E-state index contributed by atoms with van der Waals surface area (Å²) in [5, 5.41) is 14.9. The second-order valence-electron chi connectivity index (χ2n) is 7.07. The molecule has 4 heterocycles. The lowest BCUT2D eigenvalue weighted by Gasteiger charge is -2.29. The highest BCUT2D eigenvalue weighted by atomic mass is 32.3. The first-order valence-corrected chi connectivity index (χ1v) is 10.3. The molecule has 0 aromatic carbocycles. The van der Waals surface area contributed by atoms with Crippen LogP contribution in [0, 0.1) is 0 Å². The van der Waals surface area contributed by atoms with Crippen LogP contribution < -0.4 is 10.8 Å². The second-order valence-corrected chi connectivity index (χ2v) is 8.08. The summed E-state index contributed by atoms with van der Waals surface area (Å²) >= 11 is 0. The normalized spacial score (nSPS) is 29.5. The molecule has 0 spiro atoms. The Hall–Kier alpha value is -2.40. The molecule has 160 valence electrons. The SMILES string of the molecule is O=C(NOC[C@H]1C[C@@H](n2cnnn2)CN1)[C@@H]1CC[C@@H]2CN1C(=O)N2OS(=O)(=O)O. The molecule has 4 atom stereocenters. The van der Waals surface area contributed by atoms with Crippen LogP contribution in [0.2, 0.25) is 0 Å². The van der Waals surface area contributed by atoms with Gasteiger partial charge in [-0.05, 0) is 29.7 Å². The zero-order chi connectivity index (χ0) is 20.6. The van der Waals surface area contributed by atoms with Crippen molar-refractivity contribution in [3.05, 3.63) is 6.33 Å². The summed E-state index contributed by atoms with van der Waals surface area (Å²) in [7, 11) is -4.83. The number of urea groups is 1. The number of hydrogen-bond acceptors (Lipinski definition) is 10. The number of fused-ring (bicyclic) bond motifs is 2. The summed E-state index contributed by atoms with van der Waals surface area (Å²) in [6.45, 7) is 0.999. The molecular weight excluding hydrogens is 412 g/mol. The van der Waals surface area contributed by atoms with E-state index in [0.717, 1.165) is 6.42 Å². The Balaban J connectivity index is 1.25. The van der Waals surface area contributed by atoms with Crippen molar-refractivity contribution in [3.8, 4) is 0 Å². The monoisotopic (exact) mass is 432 g/mol. The zero-order valence-electron chi connectivity index (χ0n) is 15.1. The van der Waals surface area contributed by atoms with E-state index in [0.29, 0.717) is 24.4 Å². The van der Waals surface area contributed by atoms with Crippen molar-refractivity contribution in [3.63, 3.8) is 0 Å². The maximum Gasteiger partial charge on any atom is 0.418 e. The number of hydroxylamine groups is 3. The van der Waals surface area contributed by atoms with E-state index in [2.05, 4.69) is 30.6 Å². The maximum absolute atomic E-state index is 12.4. The van der Waals surface area contributed by atoms with Crippen LogP contribution in [0.15, 0.2) is 6.33 Å². The average Bonchev–Trinajstić information content (AvgIpc) is 3.39. The third kappa shape index (κ3) is 4.30. The quantitative estimate of drug-likeness (QED) is 0.309. The Bertz CT molecular complexity index is 865. The highest BCUT2D eigenvalue weighted by Gasteiger charge is 2.49. The predicted molar refractivity (Wildman–Crippen MR) is 90.7 cm³/mol. The number of nitrogens with one attached hydrogen (secondary N) is 2. The van der Waals surface area contributed by atoms with Crippen molar-refractivity contribution in [2.45, 2.75) is 43.4 Å². The third-order valence-corrected chi connectivity index (χ3v) is 5.54. The van der Waals surface area contributed by atoms with Gasteiger partial charge in [0, 0.05) is 19.1 Å². The second kappa shape index (κ2) is 7.79. The predicted octanol–water partition coefficient (Wildman–Crippen LogP) is -2.37. The van der Waals surface area contributed by atoms with Gasteiger partial charge in [-0.25, -0.2) is 15.0 Å².